The molecule has 0 saturated heterocycles. The molecular weight excluding hydrogens is 372 g/mol. The van der Waals surface area contributed by atoms with Crippen LogP contribution >= 0.6 is 0 Å². The van der Waals surface area contributed by atoms with Crippen molar-refractivity contribution in [2.45, 2.75) is 85.0 Å². The van der Waals surface area contributed by atoms with Gasteiger partial charge in [0.1, 0.15) is 5.78 Å². The topological polar surface area (TPSA) is 26.3 Å². The van der Waals surface area contributed by atoms with Gasteiger partial charge in [-0.15, -0.1) is 0 Å². The Morgan fingerprint density at radius 3 is 2.45 bits per heavy atom. The van der Waals surface area contributed by atoms with Crippen LogP contribution in [-0.4, -0.2) is 14.1 Å². The zero-order chi connectivity index (χ0) is 21.4. The minimum Gasteiger partial charge on any atom is -0.409 e. The molecule has 0 aromatic heterocycles. The van der Waals surface area contributed by atoms with Gasteiger partial charge in [0.2, 0.25) is 0 Å². The van der Waals surface area contributed by atoms with Crippen LogP contribution in [0, 0.1) is 23.2 Å². The standard InChI is InChI=1S/C26H40O2Si/c1-19(22-16-17-23-24(27)9-8-18-26(22,23)4)10-11-20-12-14-21(15-13-20)25(2,3)28-29(5,6)7/h10-15,19,22-23H,8-9,16-18H2,1-7H3/t19-,22-,23?,26-/m1/s1. The predicted octanol–water partition coefficient (Wildman–Crippen LogP) is 7.21. The van der Waals surface area contributed by atoms with E-state index in [-0.39, 0.29) is 11.0 Å². The Labute approximate surface area is 179 Å². The van der Waals surface area contributed by atoms with Gasteiger partial charge < -0.3 is 4.43 Å². The molecule has 3 rings (SSSR count). The van der Waals surface area contributed by atoms with Gasteiger partial charge in [-0.1, -0.05) is 50.3 Å². The van der Waals surface area contributed by atoms with E-state index in [9.17, 15) is 4.79 Å². The van der Waals surface area contributed by atoms with E-state index in [1.807, 2.05) is 0 Å². The predicted molar refractivity (Wildman–Crippen MR) is 125 cm³/mol. The lowest BCUT2D eigenvalue weighted by molar-refractivity contribution is -0.129. The highest BCUT2D eigenvalue weighted by atomic mass is 28.4. The molecule has 0 spiro atoms. The first-order valence-corrected chi connectivity index (χ1v) is 14.8. The van der Waals surface area contributed by atoms with E-state index in [1.54, 1.807) is 0 Å². The van der Waals surface area contributed by atoms with Crippen molar-refractivity contribution in [3.05, 3.63) is 41.5 Å². The molecule has 0 heterocycles. The van der Waals surface area contributed by atoms with Gasteiger partial charge in [-0.25, -0.2) is 0 Å². The molecule has 2 aliphatic rings. The molecule has 2 saturated carbocycles. The van der Waals surface area contributed by atoms with Gasteiger partial charge in [0.05, 0.1) is 5.60 Å². The highest BCUT2D eigenvalue weighted by molar-refractivity contribution is 6.69. The molecule has 2 fully saturated rings. The minimum atomic E-state index is -1.60. The third-order valence-corrected chi connectivity index (χ3v) is 8.45. The first-order chi connectivity index (χ1) is 13.4. The lowest BCUT2D eigenvalue weighted by Gasteiger charge is -2.41. The summed E-state index contributed by atoms with van der Waals surface area (Å²) in [5, 5.41) is 0. The lowest BCUT2D eigenvalue weighted by Crippen LogP contribution is -2.39. The molecule has 1 aromatic rings. The van der Waals surface area contributed by atoms with E-state index in [4.69, 9.17) is 4.43 Å². The second-order valence-corrected chi connectivity index (χ2v) is 15.6. The van der Waals surface area contributed by atoms with Crippen molar-refractivity contribution in [3.63, 3.8) is 0 Å². The molecule has 4 atom stereocenters. The van der Waals surface area contributed by atoms with Gasteiger partial charge >= 0.3 is 0 Å². The van der Waals surface area contributed by atoms with Crippen LogP contribution in [0.3, 0.4) is 0 Å². The monoisotopic (exact) mass is 412 g/mol. The van der Waals surface area contributed by atoms with Gasteiger partial charge in [-0.05, 0) is 87.5 Å². The number of fused-ring (bicyclic) bond motifs is 1. The lowest BCUT2D eigenvalue weighted by atomic mass is 9.62. The summed E-state index contributed by atoms with van der Waals surface area (Å²) >= 11 is 0. The summed E-state index contributed by atoms with van der Waals surface area (Å²) < 4.78 is 6.38. The Morgan fingerprint density at radius 1 is 1.17 bits per heavy atom. The largest absolute Gasteiger partial charge is 0.409 e. The molecule has 160 valence electrons. The van der Waals surface area contributed by atoms with Crippen LogP contribution in [0.1, 0.15) is 70.9 Å². The maximum absolute atomic E-state index is 12.4. The number of Topliss-reactive ketones (excluding diaryl/α,β-unsaturated/α-hetero) is 1. The van der Waals surface area contributed by atoms with Crippen molar-refractivity contribution in [2.75, 3.05) is 0 Å². The highest BCUT2D eigenvalue weighted by Crippen LogP contribution is 2.56. The van der Waals surface area contributed by atoms with Crippen molar-refractivity contribution in [2.24, 2.45) is 23.2 Å². The first kappa shape index (κ1) is 22.5. The van der Waals surface area contributed by atoms with E-state index in [1.165, 1.54) is 24.0 Å². The summed E-state index contributed by atoms with van der Waals surface area (Å²) in [6.07, 6.45) is 10.0. The third-order valence-electron chi connectivity index (χ3n) is 7.33. The number of rotatable bonds is 6. The summed E-state index contributed by atoms with van der Waals surface area (Å²) in [7, 11) is -1.60. The number of ketones is 1. The van der Waals surface area contributed by atoms with E-state index < -0.39 is 8.32 Å². The number of carbonyl (C=O) groups excluding carboxylic acids is 1. The van der Waals surface area contributed by atoms with Crippen LogP contribution in [-0.2, 0) is 14.8 Å². The Hall–Kier alpha value is -1.19. The van der Waals surface area contributed by atoms with Crippen molar-refractivity contribution in [1.29, 1.82) is 0 Å². The summed E-state index contributed by atoms with van der Waals surface area (Å²) in [6.45, 7) is 15.8. The SMILES string of the molecule is C[C@H](C=Cc1ccc(C(C)(C)O[Si](C)(C)C)cc1)[C@H]1CCC2C(=O)CCC[C@@]21C. The Morgan fingerprint density at radius 2 is 1.83 bits per heavy atom. The molecule has 2 nitrogen and oxygen atoms in total. The van der Waals surface area contributed by atoms with E-state index in [0.29, 0.717) is 23.5 Å². The number of hydrogen-bond acceptors (Lipinski definition) is 2. The van der Waals surface area contributed by atoms with Gasteiger partial charge in [-0.3, -0.25) is 4.79 Å². The van der Waals surface area contributed by atoms with Crippen LogP contribution in [0.25, 0.3) is 6.08 Å². The fourth-order valence-electron chi connectivity index (χ4n) is 6.05. The molecule has 2 aliphatic carbocycles. The normalized spacial score (nSPS) is 29.3. The number of hydrogen-bond donors (Lipinski definition) is 0. The average molecular weight is 413 g/mol. The summed E-state index contributed by atoms with van der Waals surface area (Å²) in [4.78, 5) is 12.4. The van der Waals surface area contributed by atoms with Crippen LogP contribution < -0.4 is 0 Å². The Balaban J connectivity index is 1.68. The summed E-state index contributed by atoms with van der Waals surface area (Å²) in [5.41, 5.74) is 2.43. The minimum absolute atomic E-state index is 0.209. The van der Waals surface area contributed by atoms with Crippen molar-refractivity contribution >= 4 is 20.2 Å². The summed E-state index contributed by atoms with van der Waals surface area (Å²) in [5.74, 6) is 1.96. The third kappa shape index (κ3) is 4.94. The molecule has 3 heteroatoms. The average Bonchev–Trinajstić information content (AvgIpc) is 2.96. The highest BCUT2D eigenvalue weighted by Gasteiger charge is 2.51. The molecule has 29 heavy (non-hydrogen) atoms. The maximum atomic E-state index is 12.4. The Bertz CT molecular complexity index is 756. The maximum Gasteiger partial charge on any atom is 0.184 e. The van der Waals surface area contributed by atoms with Crippen molar-refractivity contribution < 1.29 is 9.22 Å². The molecule has 0 amide bonds. The quantitative estimate of drug-likeness (QED) is 0.461. The zero-order valence-electron chi connectivity index (χ0n) is 19.5. The molecular formula is C26H40O2Si. The second kappa shape index (κ2) is 8.15. The molecule has 0 aliphatic heterocycles. The van der Waals surface area contributed by atoms with E-state index in [0.717, 1.165) is 19.3 Å². The molecule has 0 bridgehead atoms. The van der Waals surface area contributed by atoms with Gasteiger partial charge in [0, 0.05) is 12.3 Å². The van der Waals surface area contributed by atoms with Gasteiger partial charge in [0.15, 0.2) is 8.32 Å². The zero-order valence-corrected chi connectivity index (χ0v) is 20.5. The van der Waals surface area contributed by atoms with Gasteiger partial charge in [-0.2, -0.15) is 0 Å². The fourth-order valence-corrected chi connectivity index (χ4v) is 7.70. The number of carbonyl (C=O) groups is 1. The second-order valence-electron chi connectivity index (χ2n) is 11.1. The van der Waals surface area contributed by atoms with Crippen molar-refractivity contribution in [1.82, 2.24) is 0 Å². The smallest absolute Gasteiger partial charge is 0.184 e. The van der Waals surface area contributed by atoms with Crippen molar-refractivity contribution in [3.8, 4) is 0 Å². The molecule has 1 aromatic carbocycles. The molecule has 0 N–H and O–H groups in total. The van der Waals surface area contributed by atoms with Crippen LogP contribution in [0.15, 0.2) is 30.3 Å². The van der Waals surface area contributed by atoms with Crippen LogP contribution in [0.5, 0.6) is 0 Å². The first-order valence-electron chi connectivity index (χ1n) is 11.4. The van der Waals surface area contributed by atoms with Gasteiger partial charge in [0.25, 0.3) is 0 Å². The fraction of sp³-hybridized carbons (Fsp3) is 0.654. The number of allylic oxidation sites excluding steroid dienone is 1. The van der Waals surface area contributed by atoms with E-state index in [2.05, 4.69) is 83.8 Å². The van der Waals surface area contributed by atoms with Crippen LogP contribution in [0.2, 0.25) is 19.6 Å². The molecule has 1 unspecified atom stereocenters. The molecule has 0 radical (unpaired) electrons. The summed E-state index contributed by atoms with van der Waals surface area (Å²) in [6, 6.07) is 8.82. The van der Waals surface area contributed by atoms with Crippen LogP contribution in [0.4, 0.5) is 0 Å². The van der Waals surface area contributed by atoms with E-state index >= 15 is 0 Å². The number of benzene rings is 1. The Kier molecular flexibility index (Phi) is 6.32.